The quantitative estimate of drug-likeness (QED) is 0.569. The van der Waals surface area contributed by atoms with Gasteiger partial charge in [-0.3, -0.25) is 9.79 Å². The number of carboxylic acid groups (broad SMARTS) is 1. The molecule has 0 aliphatic carbocycles. The maximum absolute atomic E-state index is 11.3. The number of carbonyl (C=O) groups is 1. The summed E-state index contributed by atoms with van der Waals surface area (Å²) in [5.74, 6) is -1.19. The van der Waals surface area contributed by atoms with E-state index in [-0.39, 0.29) is 0 Å². The van der Waals surface area contributed by atoms with Gasteiger partial charge in [0, 0.05) is 5.71 Å². The molecular weight excluding hydrogens is 238 g/mol. The van der Waals surface area contributed by atoms with Crippen molar-refractivity contribution < 1.29 is 9.90 Å². The van der Waals surface area contributed by atoms with Crippen LogP contribution in [-0.2, 0) is 11.3 Å². The number of nitrogens with zero attached hydrogens (tertiary/aromatic N) is 1. The number of aliphatic imine (C=N–C) groups is 1. The smallest absolute Gasteiger partial charge is 0.312 e. The maximum Gasteiger partial charge on any atom is 0.312 e. The Morgan fingerprint density at radius 3 is 2.53 bits per heavy atom. The lowest BCUT2D eigenvalue weighted by atomic mass is 9.97. The van der Waals surface area contributed by atoms with Crippen molar-refractivity contribution in [2.45, 2.75) is 46.1 Å². The number of carboxylic acids is 1. The minimum absolute atomic E-state index is 0.435. The number of unbranched alkanes of at least 4 members (excludes halogenated alkanes) is 2. The molecule has 19 heavy (non-hydrogen) atoms. The van der Waals surface area contributed by atoms with E-state index in [1.807, 2.05) is 37.3 Å². The zero-order chi connectivity index (χ0) is 14.1. The second kappa shape index (κ2) is 8.46. The van der Waals surface area contributed by atoms with Crippen LogP contribution < -0.4 is 0 Å². The third-order valence-corrected chi connectivity index (χ3v) is 3.25. The van der Waals surface area contributed by atoms with E-state index in [0.717, 1.165) is 30.5 Å². The summed E-state index contributed by atoms with van der Waals surface area (Å²) in [6.45, 7) is 4.50. The topological polar surface area (TPSA) is 49.7 Å². The van der Waals surface area contributed by atoms with Gasteiger partial charge in [-0.15, -0.1) is 0 Å². The minimum atomic E-state index is -0.759. The summed E-state index contributed by atoms with van der Waals surface area (Å²) in [5, 5.41) is 9.26. The van der Waals surface area contributed by atoms with Crippen LogP contribution in [0.25, 0.3) is 0 Å². The Hall–Kier alpha value is -1.64. The third-order valence-electron chi connectivity index (χ3n) is 3.25. The van der Waals surface area contributed by atoms with E-state index in [2.05, 4.69) is 11.9 Å². The molecule has 0 amide bonds. The molecule has 1 rings (SSSR count). The molecule has 0 bridgehead atoms. The highest BCUT2D eigenvalue weighted by atomic mass is 16.4. The van der Waals surface area contributed by atoms with Gasteiger partial charge in [-0.1, -0.05) is 56.5 Å². The van der Waals surface area contributed by atoms with Crippen LogP contribution in [0.2, 0.25) is 0 Å². The predicted octanol–water partition coefficient (Wildman–Crippen LogP) is 3.93. The highest BCUT2D eigenvalue weighted by molar-refractivity contribution is 6.00. The lowest BCUT2D eigenvalue weighted by Crippen LogP contribution is -2.21. The Labute approximate surface area is 115 Å². The summed E-state index contributed by atoms with van der Waals surface area (Å²) in [7, 11) is 0. The molecule has 1 atom stereocenters. The van der Waals surface area contributed by atoms with E-state index in [1.165, 1.54) is 0 Å². The van der Waals surface area contributed by atoms with Crippen molar-refractivity contribution in [3.63, 3.8) is 0 Å². The van der Waals surface area contributed by atoms with E-state index in [9.17, 15) is 9.90 Å². The van der Waals surface area contributed by atoms with Crippen LogP contribution in [0.3, 0.4) is 0 Å². The Balaban J connectivity index is 2.60. The average Bonchev–Trinajstić information content (AvgIpc) is 2.42. The van der Waals surface area contributed by atoms with Crippen molar-refractivity contribution in [2.75, 3.05) is 0 Å². The highest BCUT2D eigenvalue weighted by Crippen LogP contribution is 2.13. The van der Waals surface area contributed by atoms with Gasteiger partial charge in [0.1, 0.15) is 0 Å². The van der Waals surface area contributed by atoms with Crippen LogP contribution in [0.1, 0.15) is 45.1 Å². The second-order valence-electron chi connectivity index (χ2n) is 4.83. The minimum Gasteiger partial charge on any atom is -0.481 e. The first-order valence-corrected chi connectivity index (χ1v) is 6.92. The Kier molecular flexibility index (Phi) is 6.86. The van der Waals surface area contributed by atoms with E-state index in [0.29, 0.717) is 13.0 Å². The third kappa shape index (κ3) is 5.69. The lowest BCUT2D eigenvalue weighted by Gasteiger charge is -2.12. The van der Waals surface area contributed by atoms with Crippen molar-refractivity contribution in [2.24, 2.45) is 10.9 Å². The van der Waals surface area contributed by atoms with E-state index >= 15 is 0 Å². The molecule has 1 unspecified atom stereocenters. The Bertz CT molecular complexity index is 412. The van der Waals surface area contributed by atoms with E-state index in [1.54, 1.807) is 0 Å². The van der Waals surface area contributed by atoms with Crippen LogP contribution in [0.15, 0.2) is 35.3 Å². The van der Waals surface area contributed by atoms with E-state index < -0.39 is 11.9 Å². The first kappa shape index (κ1) is 15.4. The van der Waals surface area contributed by atoms with Gasteiger partial charge in [-0.2, -0.15) is 0 Å². The molecule has 0 spiro atoms. The average molecular weight is 261 g/mol. The summed E-state index contributed by atoms with van der Waals surface area (Å²) in [5.41, 5.74) is 1.84. The molecular formula is C16H23NO2. The van der Waals surface area contributed by atoms with Gasteiger partial charge < -0.3 is 5.11 Å². The van der Waals surface area contributed by atoms with Gasteiger partial charge in [0.15, 0.2) is 0 Å². The fraction of sp³-hybridized carbons (Fsp3) is 0.500. The molecule has 0 saturated heterocycles. The molecule has 0 fully saturated rings. The standard InChI is InChI=1S/C16H23NO2/c1-3-4-6-11-15(16(18)19)13(2)17-12-14-9-7-5-8-10-14/h5,7-10,15H,3-4,6,11-12H2,1-2H3,(H,18,19)/b17-13+. The van der Waals surface area contributed by atoms with Crippen LogP contribution in [0, 0.1) is 5.92 Å². The molecule has 104 valence electrons. The molecule has 3 heteroatoms. The van der Waals surface area contributed by atoms with Crippen molar-refractivity contribution in [1.29, 1.82) is 0 Å². The zero-order valence-corrected chi connectivity index (χ0v) is 11.8. The van der Waals surface area contributed by atoms with Gasteiger partial charge in [0.25, 0.3) is 0 Å². The van der Waals surface area contributed by atoms with Crippen LogP contribution in [0.4, 0.5) is 0 Å². The van der Waals surface area contributed by atoms with Crippen molar-refractivity contribution in [1.82, 2.24) is 0 Å². The van der Waals surface area contributed by atoms with Crippen molar-refractivity contribution in [3.8, 4) is 0 Å². The fourth-order valence-electron chi connectivity index (χ4n) is 2.02. The molecule has 0 aliphatic rings. The number of hydrogen-bond donors (Lipinski definition) is 1. The lowest BCUT2D eigenvalue weighted by molar-refractivity contribution is -0.139. The van der Waals surface area contributed by atoms with Gasteiger partial charge >= 0.3 is 5.97 Å². The second-order valence-corrected chi connectivity index (χ2v) is 4.83. The Morgan fingerprint density at radius 2 is 1.95 bits per heavy atom. The predicted molar refractivity (Wildman–Crippen MR) is 78.5 cm³/mol. The summed E-state index contributed by atoms with van der Waals surface area (Å²) in [6, 6.07) is 9.91. The van der Waals surface area contributed by atoms with Crippen LogP contribution in [-0.4, -0.2) is 16.8 Å². The molecule has 3 nitrogen and oxygen atoms in total. The van der Waals surface area contributed by atoms with Crippen molar-refractivity contribution >= 4 is 11.7 Å². The molecule has 0 radical (unpaired) electrons. The molecule has 1 aromatic rings. The highest BCUT2D eigenvalue weighted by Gasteiger charge is 2.19. The first-order valence-electron chi connectivity index (χ1n) is 6.92. The summed E-state index contributed by atoms with van der Waals surface area (Å²) in [4.78, 5) is 15.7. The molecule has 0 saturated carbocycles. The number of benzene rings is 1. The van der Waals surface area contributed by atoms with Gasteiger partial charge in [-0.25, -0.2) is 0 Å². The molecule has 0 heterocycles. The molecule has 0 aromatic heterocycles. The van der Waals surface area contributed by atoms with Crippen LogP contribution >= 0.6 is 0 Å². The summed E-state index contributed by atoms with van der Waals surface area (Å²) >= 11 is 0. The van der Waals surface area contributed by atoms with Crippen LogP contribution in [0.5, 0.6) is 0 Å². The van der Waals surface area contributed by atoms with Crippen molar-refractivity contribution in [3.05, 3.63) is 35.9 Å². The zero-order valence-electron chi connectivity index (χ0n) is 11.8. The van der Waals surface area contributed by atoms with Gasteiger partial charge in [0.2, 0.25) is 0 Å². The number of hydrogen-bond acceptors (Lipinski definition) is 2. The SMILES string of the molecule is CCCCCC(C(=O)O)/C(C)=N/Cc1ccccc1. The Morgan fingerprint density at radius 1 is 1.26 bits per heavy atom. The molecule has 1 N–H and O–H groups in total. The maximum atomic E-state index is 11.3. The van der Waals surface area contributed by atoms with E-state index in [4.69, 9.17) is 0 Å². The first-order chi connectivity index (χ1) is 9.15. The summed E-state index contributed by atoms with van der Waals surface area (Å²) in [6.07, 6.45) is 3.82. The number of aliphatic carboxylic acids is 1. The molecule has 1 aromatic carbocycles. The fourth-order valence-corrected chi connectivity index (χ4v) is 2.02. The van der Waals surface area contributed by atoms with Gasteiger partial charge in [-0.05, 0) is 18.9 Å². The molecule has 0 aliphatic heterocycles. The summed E-state index contributed by atoms with van der Waals surface area (Å²) < 4.78 is 0. The van der Waals surface area contributed by atoms with Gasteiger partial charge in [0.05, 0.1) is 12.5 Å². The normalized spacial score (nSPS) is 13.3. The largest absolute Gasteiger partial charge is 0.481 e. The number of rotatable bonds is 8. The monoisotopic (exact) mass is 261 g/mol.